The van der Waals surface area contributed by atoms with E-state index in [9.17, 15) is 153 Å². The van der Waals surface area contributed by atoms with Gasteiger partial charge in [0.2, 0.25) is 0 Å². The lowest BCUT2D eigenvalue weighted by Crippen LogP contribution is -2.65. The summed E-state index contributed by atoms with van der Waals surface area (Å²) in [5.41, 5.74) is -2.68. The highest BCUT2D eigenvalue weighted by Gasteiger charge is 2.58. The van der Waals surface area contributed by atoms with Crippen LogP contribution in [-0.4, -0.2) is 503 Å². The van der Waals surface area contributed by atoms with Crippen LogP contribution in [-0.2, 0) is 56.8 Å². The molecule has 0 aromatic heterocycles. The molecule has 9 heterocycles. The molecule has 9 saturated heterocycles. The SMILES string of the molecule is CC(C)(C)C1OC(CO)[C@@H](O)[C@H](O)C1O.CC(C)(C)C1OC(CO)[C@@H](O)[C@H](O)C1O.CC(C)(C)C1OC(CO)[C@@H](O)[C@H](O)C1O.CC(C)(C)C1OC(CO)[C@@H](O[C@@H]2OC(CO)[C@@H](O)[C@H](O)C2O)[C@H](O)C1O.CC(C)(C)C1OC(CO)[C@@H](O[C@@H]2OC(CO)[C@H](O)[C@H](O)C2O)[C@H](O)C1O.CC(C)(C)C1OC(CO)[C@@H](O[C@H]2OC(CO)[C@@H](O)[C@H](O)C2O)[C@H](O)C1O. The average Bonchev–Trinajstić information content (AvgIpc) is 0.758. The van der Waals surface area contributed by atoms with Gasteiger partial charge in [-0.3, -0.25) is 0 Å². The van der Waals surface area contributed by atoms with Gasteiger partial charge in [0.25, 0.3) is 0 Å². The highest BCUT2D eigenvalue weighted by atomic mass is 16.7. The summed E-state index contributed by atoms with van der Waals surface area (Å²) in [6.07, 6.45) is -55.5. The highest BCUT2D eigenvalue weighted by molar-refractivity contribution is 5.05. The van der Waals surface area contributed by atoms with Crippen LogP contribution >= 0.6 is 0 Å². The first kappa shape index (κ1) is 114. The summed E-state index contributed by atoms with van der Waals surface area (Å²) in [5, 5.41) is 321. The second kappa shape index (κ2) is 47.2. The number of ether oxygens (including phenoxy) is 12. The zero-order valence-corrected chi connectivity index (χ0v) is 73.0. The summed E-state index contributed by atoms with van der Waals surface area (Å²) in [5.74, 6) is 0. The highest BCUT2D eigenvalue weighted by Crippen LogP contribution is 2.42. The van der Waals surface area contributed by atoms with Gasteiger partial charge in [-0.25, -0.2) is 0 Å². The molecule has 9 fully saturated rings. The Balaban J connectivity index is 0.000000315. The molecule has 9 rings (SSSR count). The number of hydrogen-bond donors (Lipinski definition) is 33. The van der Waals surface area contributed by atoms with Gasteiger partial charge in [0.05, 0.1) is 96.1 Å². The fraction of sp³-hybridized carbons (Fsp3) is 1.00. The maximum absolute atomic E-state index is 10.5. The first-order chi connectivity index (χ1) is 56.4. The van der Waals surface area contributed by atoms with Gasteiger partial charge in [-0.1, -0.05) is 125 Å². The van der Waals surface area contributed by atoms with Gasteiger partial charge in [-0.15, -0.1) is 0 Å². The van der Waals surface area contributed by atoms with Gasteiger partial charge >= 0.3 is 0 Å². The van der Waals surface area contributed by atoms with E-state index < -0.39 is 331 Å². The molecular formula is C78H150O45. The number of hydrogen-bond acceptors (Lipinski definition) is 45. The lowest BCUT2D eigenvalue weighted by Gasteiger charge is -2.48. The van der Waals surface area contributed by atoms with Gasteiger partial charge < -0.3 is 225 Å². The van der Waals surface area contributed by atoms with E-state index in [2.05, 4.69) is 0 Å². The second-order valence-electron chi connectivity index (χ2n) is 39.1. The van der Waals surface area contributed by atoms with Crippen molar-refractivity contribution in [2.24, 2.45) is 32.5 Å². The van der Waals surface area contributed by atoms with E-state index in [4.69, 9.17) is 72.2 Å². The van der Waals surface area contributed by atoms with Crippen molar-refractivity contribution in [2.75, 3.05) is 59.5 Å². The van der Waals surface area contributed by atoms with E-state index >= 15 is 0 Å². The van der Waals surface area contributed by atoms with E-state index in [1.54, 1.807) is 62.3 Å². The molecule has 0 aromatic rings. The Bertz CT molecular complexity index is 2650. The van der Waals surface area contributed by atoms with Crippen LogP contribution < -0.4 is 0 Å². The van der Waals surface area contributed by atoms with Crippen LogP contribution in [0.25, 0.3) is 0 Å². The van der Waals surface area contributed by atoms with Crippen molar-refractivity contribution in [1.82, 2.24) is 0 Å². The fourth-order valence-electron chi connectivity index (χ4n) is 15.4. The minimum atomic E-state index is -1.67. The Labute approximate surface area is 714 Å². The molecule has 45 nitrogen and oxygen atoms in total. The van der Waals surface area contributed by atoms with Crippen molar-refractivity contribution < 1.29 is 225 Å². The molecule has 0 bridgehead atoms. The molecule has 0 aliphatic carbocycles. The predicted molar refractivity (Wildman–Crippen MR) is 417 cm³/mol. The van der Waals surface area contributed by atoms with E-state index in [1.807, 2.05) is 62.3 Å². The van der Waals surface area contributed by atoms with Gasteiger partial charge in [0.1, 0.15) is 220 Å². The molecule has 24 unspecified atom stereocenters. The van der Waals surface area contributed by atoms with Crippen LogP contribution in [0.3, 0.4) is 0 Å². The summed E-state index contributed by atoms with van der Waals surface area (Å²) in [6.45, 7) is 28.4. The minimum Gasteiger partial charge on any atom is -0.394 e. The fourth-order valence-corrected chi connectivity index (χ4v) is 15.4. The molecule has 9 aliphatic rings. The summed E-state index contributed by atoms with van der Waals surface area (Å²) in [7, 11) is 0. The summed E-state index contributed by atoms with van der Waals surface area (Å²) >= 11 is 0. The monoisotopic (exact) mass is 1810 g/mol. The van der Waals surface area contributed by atoms with Crippen LogP contribution in [0.15, 0.2) is 0 Å². The van der Waals surface area contributed by atoms with Crippen molar-refractivity contribution in [2.45, 2.75) is 400 Å². The molecule has 0 radical (unpaired) electrons. The first-order valence-electron chi connectivity index (χ1n) is 41.1. The molecular weight excluding hydrogens is 1660 g/mol. The van der Waals surface area contributed by atoms with Crippen LogP contribution in [0.1, 0.15) is 125 Å². The van der Waals surface area contributed by atoms with E-state index in [-0.39, 0.29) is 36.1 Å². The molecule has 45 atom stereocenters. The van der Waals surface area contributed by atoms with Crippen molar-refractivity contribution in [3.05, 3.63) is 0 Å². The molecule has 123 heavy (non-hydrogen) atoms. The molecule has 0 amide bonds. The Hall–Kier alpha value is -1.80. The Kier molecular flexibility index (Phi) is 43.6. The molecule has 732 valence electrons. The minimum absolute atomic E-state index is 0.367. The summed E-state index contributed by atoms with van der Waals surface area (Å²) in [6, 6.07) is 0. The third kappa shape index (κ3) is 28.2. The third-order valence-corrected chi connectivity index (χ3v) is 22.8. The Morgan fingerprint density at radius 3 is 0.415 bits per heavy atom. The zero-order chi connectivity index (χ0) is 94.8. The molecule has 45 heteroatoms. The van der Waals surface area contributed by atoms with Gasteiger partial charge in [-0.2, -0.15) is 0 Å². The predicted octanol–water partition coefficient (Wildman–Crippen LogP) is -13.3. The lowest BCUT2D eigenvalue weighted by molar-refractivity contribution is -0.345. The van der Waals surface area contributed by atoms with Gasteiger partial charge in [0.15, 0.2) is 18.9 Å². The van der Waals surface area contributed by atoms with Crippen LogP contribution in [0, 0.1) is 32.5 Å². The van der Waals surface area contributed by atoms with E-state index in [1.165, 1.54) is 0 Å². The zero-order valence-electron chi connectivity index (χ0n) is 73.0. The molecule has 0 saturated carbocycles. The van der Waals surface area contributed by atoms with E-state index in [0.717, 1.165) is 0 Å². The van der Waals surface area contributed by atoms with Crippen LogP contribution in [0.2, 0.25) is 0 Å². The largest absolute Gasteiger partial charge is 0.394 e. The first-order valence-corrected chi connectivity index (χ1v) is 41.1. The van der Waals surface area contributed by atoms with Crippen molar-refractivity contribution in [3.63, 3.8) is 0 Å². The Morgan fingerprint density at radius 1 is 0.154 bits per heavy atom. The number of aliphatic hydroxyl groups is 33. The molecule has 9 aliphatic heterocycles. The molecule has 0 aromatic carbocycles. The summed E-state index contributed by atoms with van der Waals surface area (Å²) < 4.78 is 65.4. The van der Waals surface area contributed by atoms with Crippen molar-refractivity contribution in [1.29, 1.82) is 0 Å². The maximum atomic E-state index is 10.5. The van der Waals surface area contributed by atoms with Crippen molar-refractivity contribution >= 4 is 0 Å². The second-order valence-corrected chi connectivity index (χ2v) is 39.1. The lowest BCUT2D eigenvalue weighted by atomic mass is 9.80. The van der Waals surface area contributed by atoms with Crippen LogP contribution in [0.4, 0.5) is 0 Å². The van der Waals surface area contributed by atoms with E-state index in [0.29, 0.717) is 0 Å². The average molecular weight is 1810 g/mol. The van der Waals surface area contributed by atoms with Crippen LogP contribution in [0.5, 0.6) is 0 Å². The smallest absolute Gasteiger partial charge is 0.187 e. The van der Waals surface area contributed by atoms with Crippen molar-refractivity contribution in [3.8, 4) is 0 Å². The third-order valence-electron chi connectivity index (χ3n) is 22.8. The van der Waals surface area contributed by atoms with Gasteiger partial charge in [-0.05, 0) is 32.5 Å². The topological polar surface area (TPSA) is 778 Å². The summed E-state index contributed by atoms with van der Waals surface area (Å²) in [4.78, 5) is 0. The maximum Gasteiger partial charge on any atom is 0.187 e. The molecule has 33 N–H and O–H groups in total. The molecule has 0 spiro atoms. The quantitative estimate of drug-likeness (QED) is 0.0724. The normalized spacial score (nSPS) is 46.0. The number of aliphatic hydroxyl groups excluding tert-OH is 33. The Morgan fingerprint density at radius 2 is 0.276 bits per heavy atom. The standard InChI is InChI=1S/3C16H30O10.3C10H20O5/c3*1-16(2,3)14-11(22)10(21)13(7(5-18)24-14)26-15-12(23)9(20)8(19)6(4-17)25-15;3*1-10(2,3)9-8(14)7(13)6(12)5(4-11)15-9/h3*6-15,17-23H,4-5H2,1-3H3;3*5-9,11-14H,4H2,1-3H3/t6?,7?,8-,9+,10-,11?,12?,13-,14?,15+;6?,7?,8-,9+,10-,11?,12?,13-,14?,15-;6?,7?,8-,9-,10+,11?,12?,13+,14?,15-;3*5?,6-,7+,8?,9?/m110111/s1. The number of rotatable bonds is 15. The van der Waals surface area contributed by atoms with Gasteiger partial charge in [0, 0.05) is 0 Å².